The number of nitrogens with zero attached hydrogens (tertiary/aromatic N) is 1. The fourth-order valence-corrected chi connectivity index (χ4v) is 3.31. The summed E-state index contributed by atoms with van der Waals surface area (Å²) in [6, 6.07) is 8.92. The Balaban J connectivity index is 1.62. The average molecular weight is 244 g/mol. The van der Waals surface area contributed by atoms with Gasteiger partial charge in [-0.25, -0.2) is 0 Å². The van der Waals surface area contributed by atoms with E-state index < -0.39 is 0 Å². The van der Waals surface area contributed by atoms with E-state index in [0.29, 0.717) is 5.92 Å². The van der Waals surface area contributed by atoms with Gasteiger partial charge in [0.25, 0.3) is 0 Å². The molecule has 0 saturated heterocycles. The van der Waals surface area contributed by atoms with Gasteiger partial charge in [0.2, 0.25) is 0 Å². The second-order valence-corrected chi connectivity index (χ2v) is 6.04. The Bertz CT molecular complexity index is 398. The van der Waals surface area contributed by atoms with Crippen molar-refractivity contribution in [2.45, 2.75) is 31.7 Å². The molecule has 1 saturated carbocycles. The smallest absolute Gasteiger partial charge is 0.0208 e. The lowest BCUT2D eigenvalue weighted by molar-refractivity contribution is 0.195. The van der Waals surface area contributed by atoms with Gasteiger partial charge in [-0.1, -0.05) is 30.7 Å². The Kier molecular flexibility index (Phi) is 3.67. The summed E-state index contributed by atoms with van der Waals surface area (Å²) in [5.41, 5.74) is 3.06. The molecule has 1 aliphatic heterocycles. The highest BCUT2D eigenvalue weighted by atomic mass is 15.1. The quantitative estimate of drug-likeness (QED) is 0.876. The van der Waals surface area contributed by atoms with Gasteiger partial charge in [-0.05, 0) is 36.9 Å². The van der Waals surface area contributed by atoms with Gasteiger partial charge >= 0.3 is 0 Å². The highest BCUT2D eigenvalue weighted by Crippen LogP contribution is 2.28. The van der Waals surface area contributed by atoms with Crippen LogP contribution in [0, 0.1) is 5.92 Å². The van der Waals surface area contributed by atoms with Crippen molar-refractivity contribution < 1.29 is 0 Å². The molecule has 1 heterocycles. The van der Waals surface area contributed by atoms with Gasteiger partial charge in [0, 0.05) is 32.1 Å². The maximum absolute atomic E-state index is 3.55. The lowest BCUT2D eigenvalue weighted by atomic mass is 9.84. The van der Waals surface area contributed by atoms with Crippen LogP contribution in [0.4, 0.5) is 0 Å². The molecule has 0 radical (unpaired) electrons. The van der Waals surface area contributed by atoms with Crippen molar-refractivity contribution in [3.8, 4) is 0 Å². The van der Waals surface area contributed by atoms with E-state index >= 15 is 0 Å². The second kappa shape index (κ2) is 5.41. The first-order valence-corrected chi connectivity index (χ1v) is 7.30. The second-order valence-electron chi connectivity index (χ2n) is 6.04. The van der Waals surface area contributed by atoms with Crippen LogP contribution in [0.1, 0.15) is 36.3 Å². The number of benzene rings is 1. The number of fused-ring (bicyclic) bond motifs is 1. The third-order valence-electron chi connectivity index (χ3n) is 4.53. The molecule has 2 heteroatoms. The molecule has 3 rings (SSSR count). The van der Waals surface area contributed by atoms with Gasteiger partial charge in [0.05, 0.1) is 0 Å². The van der Waals surface area contributed by atoms with Crippen LogP contribution in [0.25, 0.3) is 0 Å². The monoisotopic (exact) mass is 244 g/mol. The number of rotatable bonds is 4. The van der Waals surface area contributed by atoms with Crippen molar-refractivity contribution in [2.75, 3.05) is 26.7 Å². The van der Waals surface area contributed by atoms with Gasteiger partial charge in [-0.15, -0.1) is 0 Å². The number of nitrogens with one attached hydrogen (secondary N) is 1. The Morgan fingerprint density at radius 2 is 2.06 bits per heavy atom. The van der Waals surface area contributed by atoms with Crippen molar-refractivity contribution in [2.24, 2.45) is 5.92 Å². The van der Waals surface area contributed by atoms with Crippen LogP contribution < -0.4 is 5.32 Å². The van der Waals surface area contributed by atoms with E-state index in [9.17, 15) is 0 Å². The minimum absolute atomic E-state index is 0.667. The third kappa shape index (κ3) is 2.60. The summed E-state index contributed by atoms with van der Waals surface area (Å²) in [6.45, 7) is 4.66. The van der Waals surface area contributed by atoms with Crippen molar-refractivity contribution in [3.63, 3.8) is 0 Å². The van der Waals surface area contributed by atoms with Crippen LogP contribution in [0.15, 0.2) is 24.3 Å². The SMILES string of the molecule is CN(CC1CCC1)CC1CNCc2ccccc21. The molecule has 2 nitrogen and oxygen atoms in total. The molecule has 0 amide bonds. The molecule has 0 aromatic heterocycles. The first kappa shape index (κ1) is 12.2. The first-order valence-electron chi connectivity index (χ1n) is 7.30. The topological polar surface area (TPSA) is 15.3 Å². The zero-order valence-corrected chi connectivity index (χ0v) is 11.4. The fourth-order valence-electron chi connectivity index (χ4n) is 3.31. The predicted octanol–water partition coefficient (Wildman–Crippen LogP) is 2.61. The molecule has 0 spiro atoms. The summed E-state index contributed by atoms with van der Waals surface area (Å²) in [5, 5.41) is 3.55. The van der Waals surface area contributed by atoms with E-state index in [0.717, 1.165) is 19.0 Å². The normalized spacial score (nSPS) is 23.8. The molecule has 1 aliphatic carbocycles. The van der Waals surface area contributed by atoms with Crippen molar-refractivity contribution >= 4 is 0 Å². The van der Waals surface area contributed by atoms with Gasteiger partial charge in [0.1, 0.15) is 0 Å². The van der Waals surface area contributed by atoms with Crippen LogP contribution in [0.5, 0.6) is 0 Å². The number of likely N-dealkylation sites (N-methyl/N-ethyl adjacent to an activating group) is 1. The van der Waals surface area contributed by atoms with Crippen LogP contribution >= 0.6 is 0 Å². The summed E-state index contributed by atoms with van der Waals surface area (Å²) in [7, 11) is 2.29. The zero-order chi connectivity index (χ0) is 12.4. The van der Waals surface area contributed by atoms with E-state index in [1.807, 2.05) is 0 Å². The lowest BCUT2D eigenvalue weighted by Gasteiger charge is -2.34. The summed E-state index contributed by atoms with van der Waals surface area (Å²) in [6.07, 6.45) is 4.35. The number of hydrogen-bond donors (Lipinski definition) is 1. The fraction of sp³-hybridized carbons (Fsp3) is 0.625. The Labute approximate surface area is 110 Å². The molecule has 2 aliphatic rings. The maximum atomic E-state index is 3.55. The highest BCUT2D eigenvalue weighted by Gasteiger charge is 2.23. The van der Waals surface area contributed by atoms with Crippen LogP contribution in [-0.4, -0.2) is 31.6 Å². The van der Waals surface area contributed by atoms with Crippen LogP contribution in [0.2, 0.25) is 0 Å². The van der Waals surface area contributed by atoms with E-state index in [1.165, 1.54) is 37.9 Å². The summed E-state index contributed by atoms with van der Waals surface area (Å²) in [5.74, 6) is 1.64. The van der Waals surface area contributed by atoms with Crippen LogP contribution in [0.3, 0.4) is 0 Å². The molecule has 0 bridgehead atoms. The Morgan fingerprint density at radius 3 is 2.83 bits per heavy atom. The number of hydrogen-bond acceptors (Lipinski definition) is 2. The lowest BCUT2D eigenvalue weighted by Crippen LogP contribution is -2.38. The molecular formula is C16H24N2. The van der Waals surface area contributed by atoms with Crippen molar-refractivity contribution in [1.29, 1.82) is 0 Å². The van der Waals surface area contributed by atoms with E-state index in [1.54, 1.807) is 5.56 Å². The van der Waals surface area contributed by atoms with Gasteiger partial charge in [-0.3, -0.25) is 0 Å². The standard InChI is InChI=1S/C16H24N2/c1-18(11-13-5-4-6-13)12-15-10-17-9-14-7-2-3-8-16(14)15/h2-3,7-8,13,15,17H,4-6,9-12H2,1H3. The molecular weight excluding hydrogens is 220 g/mol. The van der Waals surface area contributed by atoms with Crippen molar-refractivity contribution in [3.05, 3.63) is 35.4 Å². The van der Waals surface area contributed by atoms with Gasteiger partial charge in [0.15, 0.2) is 0 Å². The minimum atomic E-state index is 0.667. The van der Waals surface area contributed by atoms with Crippen LogP contribution in [-0.2, 0) is 6.54 Å². The molecule has 1 aromatic carbocycles. The summed E-state index contributed by atoms with van der Waals surface area (Å²) < 4.78 is 0. The molecule has 18 heavy (non-hydrogen) atoms. The van der Waals surface area contributed by atoms with E-state index in [2.05, 4.69) is 41.5 Å². The van der Waals surface area contributed by atoms with Gasteiger partial charge in [-0.2, -0.15) is 0 Å². The largest absolute Gasteiger partial charge is 0.312 e. The predicted molar refractivity (Wildman–Crippen MR) is 75.7 cm³/mol. The maximum Gasteiger partial charge on any atom is 0.0208 e. The molecule has 1 atom stereocenters. The van der Waals surface area contributed by atoms with Crippen molar-refractivity contribution in [1.82, 2.24) is 10.2 Å². The molecule has 1 unspecified atom stereocenters. The Morgan fingerprint density at radius 1 is 1.22 bits per heavy atom. The van der Waals surface area contributed by atoms with Gasteiger partial charge < -0.3 is 10.2 Å². The van der Waals surface area contributed by atoms with E-state index in [4.69, 9.17) is 0 Å². The highest BCUT2D eigenvalue weighted by molar-refractivity contribution is 5.32. The molecule has 1 aromatic rings. The molecule has 1 fully saturated rings. The third-order valence-corrected chi connectivity index (χ3v) is 4.53. The summed E-state index contributed by atoms with van der Waals surface area (Å²) in [4.78, 5) is 2.54. The van der Waals surface area contributed by atoms with E-state index in [-0.39, 0.29) is 0 Å². The summed E-state index contributed by atoms with van der Waals surface area (Å²) >= 11 is 0. The average Bonchev–Trinajstić information content (AvgIpc) is 2.34. The minimum Gasteiger partial charge on any atom is -0.312 e. The Hall–Kier alpha value is -0.860. The molecule has 98 valence electrons. The zero-order valence-electron chi connectivity index (χ0n) is 11.4. The molecule has 1 N–H and O–H groups in total. The first-order chi connectivity index (χ1) is 8.83.